The number of rotatable bonds is 2. The number of furan rings is 1. The van der Waals surface area contributed by atoms with E-state index in [1.165, 1.54) is 22.1 Å². The molecule has 19 heavy (non-hydrogen) atoms. The molecule has 2 rings (SSSR count). The Labute approximate surface area is 116 Å². The Morgan fingerprint density at radius 1 is 1.21 bits per heavy atom. The molecule has 0 spiro atoms. The summed E-state index contributed by atoms with van der Waals surface area (Å²) in [5.74, 6) is 1.41. The first-order valence-corrected chi connectivity index (χ1v) is 7.02. The van der Waals surface area contributed by atoms with E-state index in [1.807, 2.05) is 0 Å². The predicted molar refractivity (Wildman–Crippen MR) is 81.6 cm³/mol. The average Bonchev–Trinajstić information content (AvgIpc) is 2.68. The fourth-order valence-electron chi connectivity index (χ4n) is 2.82. The molecule has 0 saturated carbocycles. The number of nitrogens with two attached hydrogens (primary N) is 1. The van der Waals surface area contributed by atoms with Crippen LogP contribution in [-0.4, -0.2) is 0 Å². The third kappa shape index (κ3) is 2.30. The molecule has 0 saturated heterocycles. The van der Waals surface area contributed by atoms with Crippen LogP contribution in [0.1, 0.15) is 63.0 Å². The molecule has 0 amide bonds. The first-order valence-electron chi connectivity index (χ1n) is 7.02. The van der Waals surface area contributed by atoms with Crippen LogP contribution in [0.15, 0.2) is 16.5 Å². The van der Waals surface area contributed by atoms with Crippen LogP contribution in [0.25, 0.3) is 11.0 Å². The van der Waals surface area contributed by atoms with E-state index >= 15 is 0 Å². The van der Waals surface area contributed by atoms with Gasteiger partial charge in [0, 0.05) is 10.9 Å². The average molecular weight is 259 g/mol. The third-order valence-corrected chi connectivity index (χ3v) is 3.70. The highest BCUT2D eigenvalue weighted by Gasteiger charge is 2.27. The molecule has 0 aliphatic carbocycles. The highest BCUT2D eigenvalue weighted by Crippen LogP contribution is 2.40. The quantitative estimate of drug-likeness (QED) is 0.854. The van der Waals surface area contributed by atoms with Gasteiger partial charge in [-0.05, 0) is 29.4 Å². The van der Waals surface area contributed by atoms with Gasteiger partial charge in [-0.2, -0.15) is 0 Å². The van der Waals surface area contributed by atoms with E-state index in [4.69, 9.17) is 10.2 Å². The molecule has 2 aromatic rings. The number of hydrogen-bond acceptors (Lipinski definition) is 2. The van der Waals surface area contributed by atoms with E-state index in [0.29, 0.717) is 12.5 Å². The molecule has 0 fully saturated rings. The number of hydrogen-bond donors (Lipinski definition) is 1. The first-order chi connectivity index (χ1) is 8.77. The minimum Gasteiger partial charge on any atom is -0.459 e. The molecule has 0 aliphatic heterocycles. The Hall–Kier alpha value is -1.28. The van der Waals surface area contributed by atoms with Crippen LogP contribution in [0.3, 0.4) is 0 Å². The molecular formula is C17H25NO. The van der Waals surface area contributed by atoms with Crippen LogP contribution in [-0.2, 0) is 12.0 Å². The maximum atomic E-state index is 6.07. The molecule has 0 bridgehead atoms. The van der Waals surface area contributed by atoms with Crippen LogP contribution in [0.4, 0.5) is 0 Å². The summed E-state index contributed by atoms with van der Waals surface area (Å²) in [4.78, 5) is 0. The molecule has 1 heterocycles. The Bertz CT molecular complexity index is 600. The summed E-state index contributed by atoms with van der Waals surface area (Å²) in [6, 6.07) is 4.38. The van der Waals surface area contributed by atoms with Gasteiger partial charge in [0.05, 0.1) is 6.54 Å². The van der Waals surface area contributed by atoms with Gasteiger partial charge in [0.15, 0.2) is 0 Å². The summed E-state index contributed by atoms with van der Waals surface area (Å²) in [7, 11) is 0. The van der Waals surface area contributed by atoms with Crippen molar-refractivity contribution in [2.75, 3.05) is 0 Å². The summed E-state index contributed by atoms with van der Waals surface area (Å²) in [5, 5.41) is 1.28. The standard InChI is InChI=1S/C17H25NO/c1-10(2)12-8-7-11(3)16-14(12)15(17(4,5)6)13(9-18)19-16/h7-8,10H,9,18H2,1-6H3. The summed E-state index contributed by atoms with van der Waals surface area (Å²) in [6.07, 6.45) is 0. The van der Waals surface area contributed by atoms with Gasteiger partial charge in [0.2, 0.25) is 0 Å². The largest absolute Gasteiger partial charge is 0.459 e. The maximum Gasteiger partial charge on any atom is 0.137 e. The fourth-order valence-corrected chi connectivity index (χ4v) is 2.82. The monoisotopic (exact) mass is 259 g/mol. The predicted octanol–water partition coefficient (Wildman–Crippen LogP) is 4.62. The Balaban J connectivity index is 2.95. The SMILES string of the molecule is Cc1ccc(C(C)C)c2c(C(C)(C)C)c(CN)oc12. The van der Waals surface area contributed by atoms with E-state index in [2.05, 4.69) is 53.7 Å². The fraction of sp³-hybridized carbons (Fsp3) is 0.529. The zero-order valence-electron chi connectivity index (χ0n) is 12.9. The van der Waals surface area contributed by atoms with Crippen LogP contribution in [0.2, 0.25) is 0 Å². The van der Waals surface area contributed by atoms with Crippen molar-refractivity contribution < 1.29 is 4.42 Å². The van der Waals surface area contributed by atoms with Gasteiger partial charge in [0.1, 0.15) is 11.3 Å². The normalized spacial score (nSPS) is 12.6. The Morgan fingerprint density at radius 3 is 2.32 bits per heavy atom. The van der Waals surface area contributed by atoms with Crippen molar-refractivity contribution >= 4 is 11.0 Å². The van der Waals surface area contributed by atoms with Gasteiger partial charge in [-0.3, -0.25) is 0 Å². The molecule has 0 atom stereocenters. The lowest BCUT2D eigenvalue weighted by Crippen LogP contribution is -2.15. The minimum absolute atomic E-state index is 0.0391. The van der Waals surface area contributed by atoms with E-state index < -0.39 is 0 Å². The molecule has 2 nitrogen and oxygen atoms in total. The molecule has 2 N–H and O–H groups in total. The van der Waals surface area contributed by atoms with Crippen LogP contribution in [0, 0.1) is 6.92 Å². The van der Waals surface area contributed by atoms with Crippen LogP contribution in [0.5, 0.6) is 0 Å². The second-order valence-electron chi connectivity index (χ2n) is 6.68. The Kier molecular flexibility index (Phi) is 3.48. The summed E-state index contributed by atoms with van der Waals surface area (Å²) in [5.41, 5.74) is 10.8. The third-order valence-electron chi connectivity index (χ3n) is 3.70. The lowest BCUT2D eigenvalue weighted by Gasteiger charge is -2.21. The van der Waals surface area contributed by atoms with Gasteiger partial charge >= 0.3 is 0 Å². The smallest absolute Gasteiger partial charge is 0.137 e. The zero-order valence-corrected chi connectivity index (χ0v) is 12.9. The highest BCUT2D eigenvalue weighted by atomic mass is 16.3. The van der Waals surface area contributed by atoms with Crippen LogP contribution >= 0.6 is 0 Å². The van der Waals surface area contributed by atoms with Gasteiger partial charge in [-0.1, -0.05) is 46.8 Å². The summed E-state index contributed by atoms with van der Waals surface area (Å²) in [6.45, 7) is 13.7. The van der Waals surface area contributed by atoms with E-state index in [-0.39, 0.29) is 5.41 Å². The number of fused-ring (bicyclic) bond motifs is 1. The second kappa shape index (κ2) is 4.68. The van der Waals surface area contributed by atoms with E-state index in [1.54, 1.807) is 0 Å². The molecule has 2 heteroatoms. The van der Waals surface area contributed by atoms with Gasteiger partial charge in [-0.15, -0.1) is 0 Å². The second-order valence-corrected chi connectivity index (χ2v) is 6.68. The maximum absolute atomic E-state index is 6.07. The molecule has 0 unspecified atom stereocenters. The lowest BCUT2D eigenvalue weighted by molar-refractivity contribution is 0.510. The molecule has 0 radical (unpaired) electrons. The van der Waals surface area contributed by atoms with E-state index in [9.17, 15) is 0 Å². The van der Waals surface area contributed by atoms with Gasteiger partial charge in [-0.25, -0.2) is 0 Å². The topological polar surface area (TPSA) is 39.2 Å². The molecule has 104 valence electrons. The van der Waals surface area contributed by atoms with Crippen LogP contribution < -0.4 is 5.73 Å². The van der Waals surface area contributed by atoms with Crippen molar-refractivity contribution in [1.29, 1.82) is 0 Å². The summed E-state index contributed by atoms with van der Waals surface area (Å²) >= 11 is 0. The van der Waals surface area contributed by atoms with Gasteiger partial charge < -0.3 is 10.2 Å². The van der Waals surface area contributed by atoms with Crippen molar-refractivity contribution in [2.24, 2.45) is 5.73 Å². The van der Waals surface area contributed by atoms with Crippen molar-refractivity contribution in [3.05, 3.63) is 34.6 Å². The Morgan fingerprint density at radius 2 is 1.84 bits per heavy atom. The zero-order chi connectivity index (χ0) is 14.4. The number of benzene rings is 1. The van der Waals surface area contributed by atoms with Crippen molar-refractivity contribution in [3.63, 3.8) is 0 Å². The molecule has 0 aliphatic rings. The number of aryl methyl sites for hydroxylation is 1. The van der Waals surface area contributed by atoms with Crippen molar-refractivity contribution in [1.82, 2.24) is 0 Å². The lowest BCUT2D eigenvalue weighted by atomic mass is 9.82. The highest BCUT2D eigenvalue weighted by molar-refractivity contribution is 5.89. The molecule has 1 aromatic carbocycles. The van der Waals surface area contributed by atoms with Crippen molar-refractivity contribution in [2.45, 2.75) is 59.4 Å². The molecule has 1 aromatic heterocycles. The van der Waals surface area contributed by atoms with E-state index in [0.717, 1.165) is 11.3 Å². The van der Waals surface area contributed by atoms with Crippen molar-refractivity contribution in [3.8, 4) is 0 Å². The first kappa shape index (κ1) is 14.1. The van der Waals surface area contributed by atoms with Gasteiger partial charge in [0.25, 0.3) is 0 Å². The summed E-state index contributed by atoms with van der Waals surface area (Å²) < 4.78 is 6.07. The molecular weight excluding hydrogens is 234 g/mol. The minimum atomic E-state index is 0.0391.